The van der Waals surface area contributed by atoms with Crippen LogP contribution in [0.15, 0.2) is 53.0 Å². The van der Waals surface area contributed by atoms with Crippen LogP contribution < -0.4 is 10.1 Å². The smallest absolute Gasteiger partial charge is 0.236 e. The van der Waals surface area contributed by atoms with Gasteiger partial charge in [-0.15, -0.1) is 21.5 Å². The lowest BCUT2D eigenvalue weighted by molar-refractivity contribution is -0.113. The van der Waals surface area contributed by atoms with E-state index in [1.807, 2.05) is 41.8 Å². The highest BCUT2D eigenvalue weighted by Gasteiger charge is 2.09. The normalized spacial score (nSPS) is 10.4. The summed E-state index contributed by atoms with van der Waals surface area (Å²) >= 11 is 2.71. The molecule has 122 valence electrons. The Morgan fingerprint density at radius 1 is 1.25 bits per heavy atom. The second-order valence-corrected chi connectivity index (χ2v) is 6.52. The summed E-state index contributed by atoms with van der Waals surface area (Å²) in [5, 5.41) is 14.2. The van der Waals surface area contributed by atoms with Crippen molar-refractivity contribution < 1.29 is 9.53 Å². The second-order valence-electron chi connectivity index (χ2n) is 4.63. The highest BCUT2D eigenvalue weighted by molar-refractivity contribution is 7.99. The van der Waals surface area contributed by atoms with Crippen molar-refractivity contribution in [1.29, 1.82) is 0 Å². The van der Waals surface area contributed by atoms with Crippen molar-refractivity contribution in [3.8, 4) is 17.0 Å². The Labute approximate surface area is 147 Å². The first-order chi connectivity index (χ1) is 11.8. The van der Waals surface area contributed by atoms with Crippen LogP contribution in [0.2, 0.25) is 0 Å². The molecule has 8 heteroatoms. The minimum absolute atomic E-state index is 0.120. The number of amides is 1. The molecule has 2 heterocycles. The number of carbonyl (C=O) groups is 1. The molecule has 1 aromatic carbocycles. The number of thiazole rings is 1. The monoisotopic (exact) mass is 358 g/mol. The molecule has 0 saturated heterocycles. The van der Waals surface area contributed by atoms with Crippen molar-refractivity contribution in [2.45, 2.75) is 5.03 Å². The molecule has 0 bridgehead atoms. The van der Waals surface area contributed by atoms with Crippen LogP contribution in [0, 0.1) is 0 Å². The van der Waals surface area contributed by atoms with Gasteiger partial charge in [-0.3, -0.25) is 4.79 Å². The Bertz CT molecular complexity index is 807. The molecule has 0 aliphatic heterocycles. The van der Waals surface area contributed by atoms with Gasteiger partial charge >= 0.3 is 0 Å². The van der Waals surface area contributed by atoms with Gasteiger partial charge in [0.25, 0.3) is 0 Å². The number of hydrogen-bond donors (Lipinski definition) is 1. The fourth-order valence-corrected chi connectivity index (χ4v) is 3.14. The summed E-state index contributed by atoms with van der Waals surface area (Å²) < 4.78 is 5.33. The van der Waals surface area contributed by atoms with Gasteiger partial charge in [0.2, 0.25) is 5.91 Å². The maximum Gasteiger partial charge on any atom is 0.236 e. The van der Waals surface area contributed by atoms with E-state index in [4.69, 9.17) is 4.74 Å². The Kier molecular flexibility index (Phi) is 5.39. The number of benzene rings is 1. The van der Waals surface area contributed by atoms with Crippen molar-refractivity contribution in [2.75, 3.05) is 18.2 Å². The molecule has 0 spiro atoms. The Balaban J connectivity index is 1.61. The first kappa shape index (κ1) is 16.4. The van der Waals surface area contributed by atoms with Gasteiger partial charge in [0, 0.05) is 17.1 Å². The standard InChI is InChI=1S/C16H14N4O2S2/c1-22-13-5-3-2-4-11(13)12-6-7-15(20-19-12)24-10-14(21)18-16-17-8-9-23-16/h2-9H,10H2,1H3,(H,17,18,21). The molecule has 0 radical (unpaired) electrons. The first-order valence-corrected chi connectivity index (χ1v) is 8.92. The predicted octanol–water partition coefficient (Wildman–Crippen LogP) is 3.34. The zero-order valence-electron chi connectivity index (χ0n) is 12.8. The van der Waals surface area contributed by atoms with Crippen molar-refractivity contribution in [3.05, 3.63) is 48.0 Å². The molecule has 0 fully saturated rings. The van der Waals surface area contributed by atoms with Crippen molar-refractivity contribution in [1.82, 2.24) is 15.2 Å². The number of carbonyl (C=O) groups excluding carboxylic acids is 1. The van der Waals surface area contributed by atoms with Crippen LogP contribution in [0.5, 0.6) is 5.75 Å². The topological polar surface area (TPSA) is 77.0 Å². The molecule has 0 aliphatic carbocycles. The van der Waals surface area contributed by atoms with E-state index in [1.165, 1.54) is 23.1 Å². The van der Waals surface area contributed by atoms with Crippen LogP contribution in [0.1, 0.15) is 0 Å². The summed E-state index contributed by atoms with van der Waals surface area (Å²) in [6.07, 6.45) is 1.65. The summed E-state index contributed by atoms with van der Waals surface area (Å²) in [6, 6.07) is 11.3. The first-order valence-electron chi connectivity index (χ1n) is 7.05. The largest absolute Gasteiger partial charge is 0.496 e. The average Bonchev–Trinajstić information content (AvgIpc) is 3.13. The average molecular weight is 358 g/mol. The summed E-state index contributed by atoms with van der Waals surface area (Å²) in [7, 11) is 1.62. The van der Waals surface area contributed by atoms with Gasteiger partial charge in [-0.25, -0.2) is 4.98 Å². The van der Waals surface area contributed by atoms with Crippen LogP contribution in [0.4, 0.5) is 5.13 Å². The van der Waals surface area contributed by atoms with Crippen LogP contribution in [0.25, 0.3) is 11.3 Å². The van der Waals surface area contributed by atoms with Gasteiger partial charge in [0.1, 0.15) is 10.8 Å². The third-order valence-corrected chi connectivity index (χ3v) is 4.66. The maximum atomic E-state index is 11.8. The lowest BCUT2D eigenvalue weighted by Gasteiger charge is -2.07. The molecule has 2 aromatic heterocycles. The van der Waals surface area contributed by atoms with Crippen LogP contribution in [0.3, 0.4) is 0 Å². The van der Waals surface area contributed by atoms with Crippen LogP contribution >= 0.6 is 23.1 Å². The van der Waals surface area contributed by atoms with E-state index in [9.17, 15) is 4.79 Å². The maximum absolute atomic E-state index is 11.8. The zero-order valence-corrected chi connectivity index (χ0v) is 14.4. The third kappa shape index (κ3) is 4.09. The number of nitrogens with one attached hydrogen (secondary N) is 1. The number of hydrogen-bond acceptors (Lipinski definition) is 7. The summed E-state index contributed by atoms with van der Waals surface area (Å²) in [4.78, 5) is 15.8. The van der Waals surface area contributed by atoms with E-state index in [0.717, 1.165) is 17.0 Å². The van der Waals surface area contributed by atoms with E-state index in [-0.39, 0.29) is 11.7 Å². The van der Waals surface area contributed by atoms with Crippen molar-refractivity contribution in [2.24, 2.45) is 0 Å². The van der Waals surface area contributed by atoms with E-state index in [1.54, 1.807) is 13.3 Å². The lowest BCUT2D eigenvalue weighted by Crippen LogP contribution is -2.13. The highest BCUT2D eigenvalue weighted by Crippen LogP contribution is 2.28. The fourth-order valence-electron chi connectivity index (χ4n) is 1.98. The number of nitrogens with zero attached hydrogens (tertiary/aromatic N) is 3. The molecular weight excluding hydrogens is 344 g/mol. The van der Waals surface area contributed by atoms with Crippen LogP contribution in [-0.2, 0) is 4.79 Å². The molecule has 0 atom stereocenters. The molecule has 0 unspecified atom stereocenters. The van der Waals surface area contributed by atoms with Gasteiger partial charge in [-0.1, -0.05) is 23.9 Å². The van der Waals surface area contributed by atoms with Gasteiger partial charge in [-0.05, 0) is 24.3 Å². The van der Waals surface area contributed by atoms with Gasteiger partial charge in [0.05, 0.1) is 18.6 Å². The Morgan fingerprint density at radius 3 is 2.83 bits per heavy atom. The van der Waals surface area contributed by atoms with E-state index in [2.05, 4.69) is 20.5 Å². The molecule has 3 aromatic rings. The van der Waals surface area contributed by atoms with Gasteiger partial charge < -0.3 is 10.1 Å². The molecular formula is C16H14N4O2S2. The minimum Gasteiger partial charge on any atom is -0.496 e. The highest BCUT2D eigenvalue weighted by atomic mass is 32.2. The number of methoxy groups -OCH3 is 1. The van der Waals surface area contributed by atoms with E-state index >= 15 is 0 Å². The summed E-state index contributed by atoms with van der Waals surface area (Å²) in [5.74, 6) is 0.878. The van der Waals surface area contributed by atoms with Crippen molar-refractivity contribution >= 4 is 34.1 Å². The Hall–Kier alpha value is -2.45. The zero-order chi connectivity index (χ0) is 16.8. The predicted molar refractivity (Wildman–Crippen MR) is 95.5 cm³/mol. The molecule has 0 aliphatic rings. The Morgan fingerprint density at radius 2 is 2.12 bits per heavy atom. The number of anilines is 1. The number of ether oxygens (including phenoxy) is 1. The number of thioether (sulfide) groups is 1. The minimum atomic E-state index is -0.120. The molecule has 1 N–H and O–H groups in total. The third-order valence-electron chi connectivity index (χ3n) is 3.05. The second kappa shape index (κ2) is 7.89. The lowest BCUT2D eigenvalue weighted by atomic mass is 10.1. The van der Waals surface area contributed by atoms with Gasteiger partial charge in [0.15, 0.2) is 5.13 Å². The number of rotatable bonds is 6. The quantitative estimate of drug-likeness (QED) is 0.681. The van der Waals surface area contributed by atoms with E-state index in [0.29, 0.717) is 10.2 Å². The van der Waals surface area contributed by atoms with Crippen molar-refractivity contribution in [3.63, 3.8) is 0 Å². The molecule has 0 saturated carbocycles. The number of aromatic nitrogens is 3. The SMILES string of the molecule is COc1ccccc1-c1ccc(SCC(=O)Nc2nccs2)nn1. The summed E-state index contributed by atoms with van der Waals surface area (Å²) in [5.41, 5.74) is 1.61. The number of para-hydroxylation sites is 1. The van der Waals surface area contributed by atoms with Gasteiger partial charge in [-0.2, -0.15) is 0 Å². The molecule has 3 rings (SSSR count). The molecule has 1 amide bonds. The summed E-state index contributed by atoms with van der Waals surface area (Å²) in [6.45, 7) is 0. The fraction of sp³-hybridized carbons (Fsp3) is 0.125. The molecule has 6 nitrogen and oxygen atoms in total. The molecule has 24 heavy (non-hydrogen) atoms. The van der Waals surface area contributed by atoms with Crippen LogP contribution in [-0.4, -0.2) is 34.0 Å². The van der Waals surface area contributed by atoms with E-state index < -0.39 is 0 Å².